The largest absolute Gasteiger partial charge is 0.468 e. The topological polar surface area (TPSA) is 30.2 Å². The van der Waals surface area contributed by atoms with E-state index in [-0.39, 0.29) is 5.78 Å². The van der Waals surface area contributed by atoms with E-state index in [1.54, 1.807) is 6.26 Å². The van der Waals surface area contributed by atoms with Crippen molar-refractivity contribution in [2.45, 2.75) is 5.41 Å². The Morgan fingerprint density at radius 3 is 1.58 bits per heavy atom. The van der Waals surface area contributed by atoms with E-state index in [0.29, 0.717) is 11.3 Å². The van der Waals surface area contributed by atoms with Gasteiger partial charge in [0.2, 0.25) is 0 Å². The number of Topliss-reactive ketones (excluding diaryl/α,β-unsaturated/α-hetero) is 1. The maximum absolute atomic E-state index is 13.9. The number of rotatable bonds is 5. The van der Waals surface area contributed by atoms with Crippen LogP contribution >= 0.6 is 0 Å². The SMILES string of the molecule is O=C(c1ccccc1)C(c1ccccc1)(c1ccccc1)c1ccco1. The zero-order valence-corrected chi connectivity index (χ0v) is 14.2. The summed E-state index contributed by atoms with van der Waals surface area (Å²) < 4.78 is 5.83. The molecule has 0 bridgehead atoms. The summed E-state index contributed by atoms with van der Waals surface area (Å²) in [6, 6.07) is 32.7. The van der Waals surface area contributed by atoms with Crippen molar-refractivity contribution in [3.05, 3.63) is 132 Å². The van der Waals surface area contributed by atoms with Gasteiger partial charge in [-0.1, -0.05) is 91.0 Å². The molecule has 0 spiro atoms. The van der Waals surface area contributed by atoms with Gasteiger partial charge in [0.1, 0.15) is 11.2 Å². The smallest absolute Gasteiger partial charge is 0.185 e. The number of hydrogen-bond acceptors (Lipinski definition) is 2. The third kappa shape index (κ3) is 2.56. The van der Waals surface area contributed by atoms with Crippen LogP contribution in [0.5, 0.6) is 0 Å². The first-order chi connectivity index (χ1) is 12.8. The molecule has 0 radical (unpaired) electrons. The van der Waals surface area contributed by atoms with Gasteiger partial charge in [-0.15, -0.1) is 0 Å². The van der Waals surface area contributed by atoms with Gasteiger partial charge in [-0.05, 0) is 23.3 Å². The van der Waals surface area contributed by atoms with Gasteiger partial charge in [0.15, 0.2) is 5.78 Å². The fraction of sp³-hybridized carbons (Fsp3) is 0.0417. The van der Waals surface area contributed by atoms with Crippen molar-refractivity contribution in [1.29, 1.82) is 0 Å². The Hall–Kier alpha value is -3.39. The van der Waals surface area contributed by atoms with Crippen LogP contribution in [0.4, 0.5) is 0 Å². The lowest BCUT2D eigenvalue weighted by Crippen LogP contribution is -2.38. The summed E-state index contributed by atoms with van der Waals surface area (Å²) in [4.78, 5) is 13.9. The van der Waals surface area contributed by atoms with Crippen LogP contribution in [0.3, 0.4) is 0 Å². The van der Waals surface area contributed by atoms with Gasteiger partial charge in [-0.3, -0.25) is 4.79 Å². The summed E-state index contributed by atoms with van der Waals surface area (Å²) in [6.07, 6.45) is 1.62. The molecule has 0 aliphatic heterocycles. The predicted molar refractivity (Wildman–Crippen MR) is 102 cm³/mol. The molecule has 0 saturated carbocycles. The Morgan fingerprint density at radius 2 is 1.12 bits per heavy atom. The number of carbonyl (C=O) groups excluding carboxylic acids is 1. The highest BCUT2D eigenvalue weighted by Crippen LogP contribution is 2.42. The number of furan rings is 1. The van der Waals surface area contributed by atoms with E-state index in [9.17, 15) is 4.79 Å². The van der Waals surface area contributed by atoms with E-state index >= 15 is 0 Å². The molecule has 0 saturated heterocycles. The van der Waals surface area contributed by atoms with Crippen molar-refractivity contribution >= 4 is 5.78 Å². The summed E-state index contributed by atoms with van der Waals surface area (Å²) in [5.74, 6) is 0.606. The maximum atomic E-state index is 13.9. The third-order valence-corrected chi connectivity index (χ3v) is 4.68. The van der Waals surface area contributed by atoms with Crippen LogP contribution in [0.25, 0.3) is 0 Å². The average Bonchev–Trinajstić information content (AvgIpc) is 3.26. The van der Waals surface area contributed by atoms with Crippen LogP contribution in [0.1, 0.15) is 27.2 Å². The lowest BCUT2D eigenvalue weighted by Gasteiger charge is -2.32. The molecule has 0 aliphatic rings. The molecule has 4 rings (SSSR count). The minimum absolute atomic E-state index is 0.00884. The van der Waals surface area contributed by atoms with Crippen LogP contribution in [0.2, 0.25) is 0 Å². The standard InChI is InChI=1S/C24H18O2/c25-23(19-11-4-1-5-12-19)24(22-17-10-18-26-22,20-13-6-2-7-14-20)21-15-8-3-9-16-21/h1-18H. The second kappa shape index (κ2) is 6.85. The van der Waals surface area contributed by atoms with Gasteiger partial charge in [0, 0.05) is 5.56 Å². The molecule has 0 atom stereocenters. The fourth-order valence-corrected chi connectivity index (χ4v) is 3.50. The Kier molecular flexibility index (Phi) is 4.24. The first kappa shape index (κ1) is 16.1. The molecule has 2 heteroatoms. The molecule has 26 heavy (non-hydrogen) atoms. The average molecular weight is 338 g/mol. The van der Waals surface area contributed by atoms with Gasteiger partial charge in [-0.2, -0.15) is 0 Å². The number of hydrogen-bond donors (Lipinski definition) is 0. The summed E-state index contributed by atoms with van der Waals surface area (Å²) in [7, 11) is 0. The van der Waals surface area contributed by atoms with Crippen LogP contribution < -0.4 is 0 Å². The summed E-state index contributed by atoms with van der Waals surface area (Å²) >= 11 is 0. The molecular formula is C24H18O2. The van der Waals surface area contributed by atoms with Crippen LogP contribution in [0.15, 0.2) is 114 Å². The van der Waals surface area contributed by atoms with E-state index in [1.807, 2.05) is 103 Å². The van der Waals surface area contributed by atoms with Crippen LogP contribution in [-0.2, 0) is 5.41 Å². The molecule has 1 heterocycles. The highest BCUT2D eigenvalue weighted by atomic mass is 16.3. The number of carbonyl (C=O) groups is 1. The molecule has 0 fully saturated rings. The summed E-state index contributed by atoms with van der Waals surface area (Å²) in [6.45, 7) is 0. The highest BCUT2D eigenvalue weighted by molar-refractivity contribution is 6.08. The first-order valence-corrected chi connectivity index (χ1v) is 8.58. The van der Waals surface area contributed by atoms with Crippen molar-refractivity contribution in [1.82, 2.24) is 0 Å². The van der Waals surface area contributed by atoms with E-state index in [4.69, 9.17) is 4.42 Å². The Balaban J connectivity index is 2.07. The fourth-order valence-electron chi connectivity index (χ4n) is 3.50. The monoisotopic (exact) mass is 338 g/mol. The van der Waals surface area contributed by atoms with Gasteiger partial charge in [-0.25, -0.2) is 0 Å². The molecule has 2 nitrogen and oxygen atoms in total. The van der Waals surface area contributed by atoms with Gasteiger partial charge in [0.05, 0.1) is 6.26 Å². The predicted octanol–water partition coefficient (Wildman–Crippen LogP) is 5.50. The zero-order valence-electron chi connectivity index (χ0n) is 14.2. The van der Waals surface area contributed by atoms with Crippen molar-refractivity contribution in [2.24, 2.45) is 0 Å². The molecule has 0 N–H and O–H groups in total. The second-order valence-corrected chi connectivity index (χ2v) is 6.15. The second-order valence-electron chi connectivity index (χ2n) is 6.15. The molecule has 3 aromatic carbocycles. The van der Waals surface area contributed by atoms with Crippen LogP contribution in [0, 0.1) is 0 Å². The number of ketones is 1. The molecule has 126 valence electrons. The normalized spacial score (nSPS) is 11.2. The Labute approximate surface area is 152 Å². The molecule has 4 aromatic rings. The lowest BCUT2D eigenvalue weighted by molar-refractivity contribution is 0.0922. The van der Waals surface area contributed by atoms with Gasteiger partial charge < -0.3 is 4.42 Å². The number of benzene rings is 3. The summed E-state index contributed by atoms with van der Waals surface area (Å²) in [5, 5.41) is 0. The molecule has 0 amide bonds. The minimum Gasteiger partial charge on any atom is -0.468 e. The Morgan fingerprint density at radius 1 is 0.615 bits per heavy atom. The van der Waals surface area contributed by atoms with E-state index < -0.39 is 5.41 Å². The van der Waals surface area contributed by atoms with Crippen molar-refractivity contribution in [3.8, 4) is 0 Å². The van der Waals surface area contributed by atoms with Crippen molar-refractivity contribution in [3.63, 3.8) is 0 Å². The molecular weight excluding hydrogens is 320 g/mol. The van der Waals surface area contributed by atoms with E-state index in [2.05, 4.69) is 0 Å². The molecule has 0 unspecified atom stereocenters. The zero-order chi connectivity index (χ0) is 17.8. The Bertz CT molecular complexity index is 933. The molecule has 1 aromatic heterocycles. The van der Waals surface area contributed by atoms with Crippen LogP contribution in [-0.4, -0.2) is 5.78 Å². The summed E-state index contributed by atoms with van der Waals surface area (Å²) in [5.41, 5.74) is 1.38. The minimum atomic E-state index is -1.03. The van der Waals surface area contributed by atoms with Crippen molar-refractivity contribution in [2.75, 3.05) is 0 Å². The third-order valence-electron chi connectivity index (χ3n) is 4.68. The molecule has 0 aliphatic carbocycles. The first-order valence-electron chi connectivity index (χ1n) is 8.58. The highest BCUT2D eigenvalue weighted by Gasteiger charge is 2.46. The van der Waals surface area contributed by atoms with E-state index in [0.717, 1.165) is 11.1 Å². The quantitative estimate of drug-likeness (QED) is 0.450. The van der Waals surface area contributed by atoms with Gasteiger partial charge in [0.25, 0.3) is 0 Å². The van der Waals surface area contributed by atoms with Crippen molar-refractivity contribution < 1.29 is 9.21 Å². The van der Waals surface area contributed by atoms with E-state index in [1.165, 1.54) is 0 Å². The van der Waals surface area contributed by atoms with Gasteiger partial charge >= 0.3 is 0 Å². The lowest BCUT2D eigenvalue weighted by atomic mass is 9.68. The maximum Gasteiger partial charge on any atom is 0.185 e.